The summed E-state index contributed by atoms with van der Waals surface area (Å²) in [6.45, 7) is 3.86. The molecule has 0 aliphatic carbocycles. The highest BCUT2D eigenvalue weighted by atomic mass is 16.2. The molecule has 0 radical (unpaired) electrons. The molecule has 5 heteroatoms. The SMILES string of the molecule is Cc1ccc(C(NCC(=O)NC(C)C(=O)N(C)C)c2ccccc2)cc1. The molecule has 138 valence electrons. The Labute approximate surface area is 155 Å². The number of hydrogen-bond acceptors (Lipinski definition) is 3. The average molecular weight is 353 g/mol. The van der Waals surface area contributed by atoms with Gasteiger partial charge >= 0.3 is 0 Å². The summed E-state index contributed by atoms with van der Waals surface area (Å²) in [6, 6.07) is 17.6. The van der Waals surface area contributed by atoms with E-state index < -0.39 is 6.04 Å². The number of aryl methyl sites for hydroxylation is 1. The molecule has 0 fully saturated rings. The second-order valence-corrected chi connectivity index (χ2v) is 6.66. The Morgan fingerprint density at radius 2 is 1.54 bits per heavy atom. The van der Waals surface area contributed by atoms with E-state index in [0.29, 0.717) is 0 Å². The van der Waals surface area contributed by atoms with E-state index in [1.807, 2.05) is 37.3 Å². The smallest absolute Gasteiger partial charge is 0.244 e. The number of nitrogens with zero attached hydrogens (tertiary/aromatic N) is 1. The summed E-state index contributed by atoms with van der Waals surface area (Å²) in [5, 5.41) is 6.04. The largest absolute Gasteiger partial charge is 0.347 e. The van der Waals surface area contributed by atoms with Crippen molar-refractivity contribution in [2.45, 2.75) is 25.9 Å². The van der Waals surface area contributed by atoms with Crippen LogP contribution in [-0.2, 0) is 9.59 Å². The van der Waals surface area contributed by atoms with Crippen molar-refractivity contribution in [2.24, 2.45) is 0 Å². The maximum absolute atomic E-state index is 12.3. The number of amides is 2. The number of nitrogens with one attached hydrogen (secondary N) is 2. The fraction of sp³-hybridized carbons (Fsp3) is 0.333. The van der Waals surface area contributed by atoms with Crippen molar-refractivity contribution in [3.8, 4) is 0 Å². The standard InChI is InChI=1S/C21H27N3O2/c1-15-10-12-18(13-11-15)20(17-8-6-5-7-9-17)22-14-19(25)23-16(2)21(26)24(3)4/h5-13,16,20,22H,14H2,1-4H3,(H,23,25). The number of hydrogen-bond donors (Lipinski definition) is 2. The normalized spacial score (nSPS) is 12.9. The summed E-state index contributed by atoms with van der Waals surface area (Å²) in [7, 11) is 3.35. The number of likely N-dealkylation sites (N-methyl/N-ethyl adjacent to an activating group) is 1. The van der Waals surface area contributed by atoms with E-state index in [1.54, 1.807) is 21.0 Å². The van der Waals surface area contributed by atoms with Crippen molar-refractivity contribution >= 4 is 11.8 Å². The molecule has 2 atom stereocenters. The quantitative estimate of drug-likeness (QED) is 0.803. The van der Waals surface area contributed by atoms with E-state index in [-0.39, 0.29) is 24.4 Å². The van der Waals surface area contributed by atoms with E-state index in [4.69, 9.17) is 0 Å². The van der Waals surface area contributed by atoms with Gasteiger partial charge in [0.25, 0.3) is 0 Å². The van der Waals surface area contributed by atoms with Gasteiger partial charge in [0, 0.05) is 14.1 Å². The molecule has 0 aromatic heterocycles. The number of carbonyl (C=O) groups excluding carboxylic acids is 2. The molecule has 2 aromatic carbocycles. The van der Waals surface area contributed by atoms with Crippen LogP contribution in [0.4, 0.5) is 0 Å². The molecule has 5 nitrogen and oxygen atoms in total. The molecule has 2 unspecified atom stereocenters. The average Bonchev–Trinajstić information content (AvgIpc) is 2.63. The molecule has 2 aromatic rings. The maximum Gasteiger partial charge on any atom is 0.244 e. The van der Waals surface area contributed by atoms with E-state index in [1.165, 1.54) is 10.5 Å². The second-order valence-electron chi connectivity index (χ2n) is 6.66. The molecule has 0 saturated heterocycles. The first-order valence-electron chi connectivity index (χ1n) is 8.74. The zero-order valence-corrected chi connectivity index (χ0v) is 15.8. The van der Waals surface area contributed by atoms with Crippen LogP contribution in [0.2, 0.25) is 0 Å². The zero-order valence-electron chi connectivity index (χ0n) is 15.8. The fourth-order valence-electron chi connectivity index (χ4n) is 2.77. The number of benzene rings is 2. The minimum absolute atomic E-state index is 0.0950. The highest BCUT2D eigenvalue weighted by molar-refractivity contribution is 5.87. The van der Waals surface area contributed by atoms with Crippen LogP contribution in [-0.4, -0.2) is 43.4 Å². The van der Waals surface area contributed by atoms with Crippen LogP contribution in [0.1, 0.15) is 29.7 Å². The van der Waals surface area contributed by atoms with Gasteiger partial charge in [0.1, 0.15) is 6.04 Å². The van der Waals surface area contributed by atoms with Crippen LogP contribution in [0.15, 0.2) is 54.6 Å². The van der Waals surface area contributed by atoms with Crippen molar-refractivity contribution in [3.05, 3.63) is 71.3 Å². The lowest BCUT2D eigenvalue weighted by atomic mass is 9.98. The van der Waals surface area contributed by atoms with Crippen LogP contribution in [0.25, 0.3) is 0 Å². The van der Waals surface area contributed by atoms with Crippen LogP contribution in [0, 0.1) is 6.92 Å². The molecule has 0 spiro atoms. The Morgan fingerprint density at radius 3 is 2.12 bits per heavy atom. The maximum atomic E-state index is 12.3. The Hall–Kier alpha value is -2.66. The topological polar surface area (TPSA) is 61.4 Å². The van der Waals surface area contributed by atoms with Gasteiger partial charge < -0.3 is 10.2 Å². The molecule has 2 N–H and O–H groups in total. The summed E-state index contributed by atoms with van der Waals surface area (Å²) < 4.78 is 0. The molecular weight excluding hydrogens is 326 g/mol. The van der Waals surface area contributed by atoms with Crippen LogP contribution in [0.3, 0.4) is 0 Å². The van der Waals surface area contributed by atoms with Gasteiger partial charge in [-0.1, -0.05) is 60.2 Å². The van der Waals surface area contributed by atoms with Gasteiger partial charge in [-0.2, -0.15) is 0 Å². The molecular formula is C21H27N3O2. The van der Waals surface area contributed by atoms with Gasteiger partial charge in [0.2, 0.25) is 11.8 Å². The molecule has 0 aliphatic rings. The molecule has 2 amide bonds. The third kappa shape index (κ3) is 5.43. The molecule has 26 heavy (non-hydrogen) atoms. The Kier molecular flexibility index (Phi) is 6.92. The molecule has 0 bridgehead atoms. The lowest BCUT2D eigenvalue weighted by Gasteiger charge is -2.21. The van der Waals surface area contributed by atoms with Crippen LogP contribution < -0.4 is 10.6 Å². The second kappa shape index (κ2) is 9.15. The first kappa shape index (κ1) is 19.7. The lowest BCUT2D eigenvalue weighted by molar-refractivity contribution is -0.133. The van der Waals surface area contributed by atoms with Gasteiger partial charge in [0.05, 0.1) is 12.6 Å². The summed E-state index contributed by atoms with van der Waals surface area (Å²) in [4.78, 5) is 25.6. The van der Waals surface area contributed by atoms with Crippen LogP contribution >= 0.6 is 0 Å². The highest BCUT2D eigenvalue weighted by Crippen LogP contribution is 2.22. The minimum atomic E-state index is -0.547. The monoisotopic (exact) mass is 353 g/mol. The van der Waals surface area contributed by atoms with Crippen molar-refractivity contribution in [2.75, 3.05) is 20.6 Å². The molecule has 0 saturated carbocycles. The van der Waals surface area contributed by atoms with Gasteiger partial charge in [0.15, 0.2) is 0 Å². The van der Waals surface area contributed by atoms with Gasteiger partial charge in [-0.25, -0.2) is 0 Å². The highest BCUT2D eigenvalue weighted by Gasteiger charge is 2.19. The zero-order chi connectivity index (χ0) is 19.1. The third-order valence-electron chi connectivity index (χ3n) is 4.20. The Morgan fingerprint density at radius 1 is 0.962 bits per heavy atom. The van der Waals surface area contributed by atoms with E-state index >= 15 is 0 Å². The Balaban J connectivity index is 2.07. The molecule has 0 aliphatic heterocycles. The van der Waals surface area contributed by atoms with Crippen molar-refractivity contribution in [3.63, 3.8) is 0 Å². The minimum Gasteiger partial charge on any atom is -0.347 e. The van der Waals surface area contributed by atoms with E-state index in [2.05, 4.69) is 34.9 Å². The van der Waals surface area contributed by atoms with Crippen molar-refractivity contribution in [1.29, 1.82) is 0 Å². The lowest BCUT2D eigenvalue weighted by Crippen LogP contribution is -2.47. The molecule has 2 rings (SSSR count). The fourth-order valence-corrected chi connectivity index (χ4v) is 2.77. The first-order valence-corrected chi connectivity index (χ1v) is 8.74. The van der Waals surface area contributed by atoms with E-state index in [9.17, 15) is 9.59 Å². The van der Waals surface area contributed by atoms with Crippen molar-refractivity contribution < 1.29 is 9.59 Å². The summed E-state index contributed by atoms with van der Waals surface area (Å²) in [5.74, 6) is -0.336. The summed E-state index contributed by atoms with van der Waals surface area (Å²) >= 11 is 0. The predicted molar refractivity (Wildman–Crippen MR) is 104 cm³/mol. The van der Waals surface area contributed by atoms with Crippen LogP contribution in [0.5, 0.6) is 0 Å². The number of rotatable bonds is 7. The van der Waals surface area contributed by atoms with Crippen molar-refractivity contribution in [1.82, 2.24) is 15.5 Å². The van der Waals surface area contributed by atoms with Gasteiger partial charge in [-0.15, -0.1) is 0 Å². The first-order chi connectivity index (χ1) is 12.4. The predicted octanol–water partition coefficient (Wildman–Crippen LogP) is 2.27. The molecule has 0 heterocycles. The number of carbonyl (C=O) groups is 2. The third-order valence-corrected chi connectivity index (χ3v) is 4.20. The Bertz CT molecular complexity index is 727. The summed E-state index contributed by atoms with van der Waals surface area (Å²) in [5.41, 5.74) is 3.36. The van der Waals surface area contributed by atoms with E-state index in [0.717, 1.165) is 11.1 Å². The summed E-state index contributed by atoms with van der Waals surface area (Å²) in [6.07, 6.45) is 0. The van der Waals surface area contributed by atoms with Gasteiger partial charge in [-0.05, 0) is 25.0 Å². The van der Waals surface area contributed by atoms with Gasteiger partial charge in [-0.3, -0.25) is 14.9 Å².